The van der Waals surface area contributed by atoms with Gasteiger partial charge >= 0.3 is 0 Å². The number of hydrogen-bond donors (Lipinski definition) is 1. The molecule has 0 saturated heterocycles. The van der Waals surface area contributed by atoms with Gasteiger partial charge in [-0.25, -0.2) is 18.4 Å². The summed E-state index contributed by atoms with van der Waals surface area (Å²) in [6.45, 7) is 2.58. The van der Waals surface area contributed by atoms with Gasteiger partial charge in [0.2, 0.25) is 5.90 Å². The standard InChI is InChI=1S/C25H25N3O6S/c1-15-13-27-25(32-15)21-8-7-20(28-21)16-10-18(12-19(11-16)34-23-5-3-4-22(23)29)33-17-6-9-24(26-14-17)35(2,30)31/h6-12,14-15,23,28H,3-5,13H2,1-2H3/t15-,23?/m0/s1. The van der Waals surface area contributed by atoms with Crippen LogP contribution in [0.3, 0.4) is 0 Å². The number of aromatic amines is 1. The van der Waals surface area contributed by atoms with E-state index in [1.54, 1.807) is 12.1 Å². The van der Waals surface area contributed by atoms with Gasteiger partial charge in [0.15, 0.2) is 26.8 Å². The zero-order valence-corrected chi connectivity index (χ0v) is 20.2. The number of rotatable bonds is 7. The summed E-state index contributed by atoms with van der Waals surface area (Å²) < 4.78 is 41.1. The minimum Gasteiger partial charge on any atom is -0.483 e. The lowest BCUT2D eigenvalue weighted by Crippen LogP contribution is -2.20. The number of H-pyrrole nitrogens is 1. The molecule has 3 aromatic rings. The van der Waals surface area contributed by atoms with E-state index in [9.17, 15) is 13.2 Å². The first-order chi connectivity index (χ1) is 16.7. The Hall–Kier alpha value is -3.66. The minimum absolute atomic E-state index is 0.0346. The number of nitrogens with zero attached hydrogens (tertiary/aromatic N) is 2. The number of ketones is 1. The normalized spacial score (nSPS) is 19.9. The van der Waals surface area contributed by atoms with E-state index in [0.29, 0.717) is 42.5 Å². The van der Waals surface area contributed by atoms with Crippen LogP contribution < -0.4 is 9.47 Å². The van der Waals surface area contributed by atoms with E-state index in [1.165, 1.54) is 12.3 Å². The first-order valence-corrected chi connectivity index (χ1v) is 13.2. The van der Waals surface area contributed by atoms with Crippen molar-refractivity contribution in [2.24, 2.45) is 4.99 Å². The van der Waals surface area contributed by atoms with Gasteiger partial charge in [-0.3, -0.25) is 4.79 Å². The van der Waals surface area contributed by atoms with Crippen LogP contribution in [0.5, 0.6) is 17.2 Å². The van der Waals surface area contributed by atoms with Crippen molar-refractivity contribution < 1.29 is 27.4 Å². The number of nitrogens with one attached hydrogen (secondary N) is 1. The van der Waals surface area contributed by atoms with Gasteiger partial charge in [0.05, 0.1) is 12.7 Å². The molecule has 0 amide bonds. The van der Waals surface area contributed by atoms with Crippen molar-refractivity contribution >= 4 is 21.5 Å². The summed E-state index contributed by atoms with van der Waals surface area (Å²) in [6.07, 6.45) is 4.03. The smallest absolute Gasteiger partial charge is 0.233 e. The van der Waals surface area contributed by atoms with Crippen LogP contribution in [0.25, 0.3) is 11.3 Å². The molecule has 1 saturated carbocycles. The summed E-state index contributed by atoms with van der Waals surface area (Å²) in [5, 5.41) is -0.0346. The molecule has 182 valence electrons. The molecule has 5 rings (SSSR count). The Morgan fingerprint density at radius 3 is 2.51 bits per heavy atom. The molecule has 1 N–H and O–H groups in total. The van der Waals surface area contributed by atoms with Gasteiger partial charge in [0.1, 0.15) is 29.0 Å². The highest BCUT2D eigenvalue weighted by Gasteiger charge is 2.26. The fourth-order valence-corrected chi connectivity index (χ4v) is 4.58. The zero-order chi connectivity index (χ0) is 24.6. The molecule has 3 heterocycles. The Kier molecular flexibility index (Phi) is 6.06. The van der Waals surface area contributed by atoms with E-state index in [0.717, 1.165) is 29.6 Å². The number of hydrogen-bond acceptors (Lipinski definition) is 8. The molecule has 1 aliphatic heterocycles. The molecule has 1 aromatic carbocycles. The molecule has 1 fully saturated rings. The molecular weight excluding hydrogens is 470 g/mol. The van der Waals surface area contributed by atoms with Crippen LogP contribution in [0.2, 0.25) is 0 Å². The van der Waals surface area contributed by atoms with Crippen LogP contribution in [-0.2, 0) is 19.4 Å². The lowest BCUT2D eigenvalue weighted by molar-refractivity contribution is -0.123. The first kappa shape index (κ1) is 23.1. The largest absolute Gasteiger partial charge is 0.483 e. The fourth-order valence-electron chi connectivity index (χ4n) is 4.02. The lowest BCUT2D eigenvalue weighted by atomic mass is 10.1. The van der Waals surface area contributed by atoms with Gasteiger partial charge in [0, 0.05) is 30.0 Å². The second-order valence-corrected chi connectivity index (χ2v) is 10.7. The summed E-state index contributed by atoms with van der Waals surface area (Å²) in [5.74, 6) is 1.98. The number of pyridine rings is 1. The molecule has 0 bridgehead atoms. The Balaban J connectivity index is 1.45. The molecule has 1 aliphatic carbocycles. The van der Waals surface area contributed by atoms with Crippen molar-refractivity contribution in [3.05, 3.63) is 54.4 Å². The minimum atomic E-state index is -3.41. The monoisotopic (exact) mass is 495 g/mol. The number of benzene rings is 1. The van der Waals surface area contributed by atoms with Gasteiger partial charge in [0.25, 0.3) is 0 Å². The Morgan fingerprint density at radius 1 is 1.06 bits per heavy atom. The third kappa shape index (κ3) is 5.22. The molecule has 35 heavy (non-hydrogen) atoms. The van der Waals surface area contributed by atoms with Crippen LogP contribution in [0, 0.1) is 0 Å². The highest BCUT2D eigenvalue weighted by atomic mass is 32.2. The highest BCUT2D eigenvalue weighted by molar-refractivity contribution is 7.90. The van der Waals surface area contributed by atoms with Crippen molar-refractivity contribution in [1.82, 2.24) is 9.97 Å². The average molecular weight is 496 g/mol. The van der Waals surface area contributed by atoms with Crippen LogP contribution in [-0.4, -0.2) is 55.1 Å². The van der Waals surface area contributed by atoms with Gasteiger partial charge in [-0.05, 0) is 56.2 Å². The third-order valence-electron chi connectivity index (χ3n) is 5.76. The zero-order valence-electron chi connectivity index (χ0n) is 19.4. The molecule has 2 atom stereocenters. The predicted molar refractivity (Wildman–Crippen MR) is 129 cm³/mol. The van der Waals surface area contributed by atoms with Crippen molar-refractivity contribution in [1.29, 1.82) is 0 Å². The van der Waals surface area contributed by atoms with Crippen LogP contribution in [0.1, 0.15) is 31.9 Å². The summed E-state index contributed by atoms with van der Waals surface area (Å²) in [5.41, 5.74) is 2.34. The van der Waals surface area contributed by atoms with Gasteiger partial charge in [-0.15, -0.1) is 0 Å². The number of aliphatic imine (C=N–C) groups is 1. The van der Waals surface area contributed by atoms with Gasteiger partial charge in [-0.1, -0.05) is 0 Å². The van der Waals surface area contributed by atoms with Crippen molar-refractivity contribution in [3.8, 4) is 28.5 Å². The highest BCUT2D eigenvalue weighted by Crippen LogP contribution is 2.34. The molecule has 0 spiro atoms. The van der Waals surface area contributed by atoms with Crippen molar-refractivity contribution in [2.75, 3.05) is 12.8 Å². The number of aromatic nitrogens is 2. The van der Waals surface area contributed by atoms with E-state index in [-0.39, 0.29) is 16.9 Å². The maximum Gasteiger partial charge on any atom is 0.233 e. The SMILES string of the molecule is C[C@H]1CN=C(c2ccc(-c3cc(Oc4ccc(S(C)(=O)=O)nc4)cc(OC4CCCC4=O)c3)[nH]2)O1. The maximum absolute atomic E-state index is 12.2. The number of ether oxygens (including phenoxy) is 3. The van der Waals surface area contributed by atoms with Crippen LogP contribution in [0.15, 0.2) is 58.7 Å². The number of carbonyl (C=O) groups excluding carboxylic acids is 1. The Bertz CT molecular complexity index is 1390. The molecule has 9 nitrogen and oxygen atoms in total. The Morgan fingerprint density at radius 2 is 1.86 bits per heavy atom. The quantitative estimate of drug-likeness (QED) is 0.527. The molecule has 10 heteroatoms. The number of carbonyl (C=O) groups is 1. The average Bonchev–Trinajstić information content (AvgIpc) is 3.55. The van der Waals surface area contributed by atoms with E-state index in [1.807, 2.05) is 31.2 Å². The predicted octanol–water partition coefficient (Wildman–Crippen LogP) is 3.94. The third-order valence-corrected chi connectivity index (χ3v) is 6.77. The Labute approximate surface area is 203 Å². The first-order valence-electron chi connectivity index (χ1n) is 11.3. The van der Waals surface area contributed by atoms with E-state index >= 15 is 0 Å². The van der Waals surface area contributed by atoms with Crippen molar-refractivity contribution in [2.45, 2.75) is 43.4 Å². The van der Waals surface area contributed by atoms with Crippen LogP contribution in [0.4, 0.5) is 0 Å². The number of Topliss-reactive ketones (excluding diaryl/α,β-unsaturated/α-hetero) is 1. The molecule has 2 aromatic heterocycles. The van der Waals surface area contributed by atoms with Gasteiger partial charge < -0.3 is 19.2 Å². The van der Waals surface area contributed by atoms with E-state index in [2.05, 4.69) is 15.0 Å². The summed E-state index contributed by atoms with van der Waals surface area (Å²) in [7, 11) is -3.41. The van der Waals surface area contributed by atoms with E-state index in [4.69, 9.17) is 14.2 Å². The number of sulfone groups is 1. The second kappa shape index (κ2) is 9.18. The summed E-state index contributed by atoms with van der Waals surface area (Å²) in [6, 6.07) is 12.1. The maximum atomic E-state index is 12.2. The molecule has 2 aliphatic rings. The fraction of sp³-hybridized carbons (Fsp3) is 0.320. The van der Waals surface area contributed by atoms with Gasteiger partial charge in [-0.2, -0.15) is 0 Å². The molecular formula is C25H25N3O6S. The van der Waals surface area contributed by atoms with Crippen LogP contribution >= 0.6 is 0 Å². The molecule has 0 radical (unpaired) electrons. The summed E-state index contributed by atoms with van der Waals surface area (Å²) >= 11 is 0. The lowest BCUT2D eigenvalue weighted by Gasteiger charge is -2.15. The summed E-state index contributed by atoms with van der Waals surface area (Å²) in [4.78, 5) is 23.9. The van der Waals surface area contributed by atoms with E-state index < -0.39 is 15.9 Å². The second-order valence-electron chi connectivity index (χ2n) is 8.72. The van der Waals surface area contributed by atoms with Crippen molar-refractivity contribution in [3.63, 3.8) is 0 Å². The molecule has 1 unspecified atom stereocenters. The topological polar surface area (TPSA) is 120 Å².